The molecule has 0 N–H and O–H groups in total. The lowest BCUT2D eigenvalue weighted by molar-refractivity contribution is -0.128. The quantitative estimate of drug-likeness (QED) is 0.418. The molecule has 0 fully saturated rings. The molecular formula is C15H29NO2. The fourth-order valence-corrected chi connectivity index (χ4v) is 1.68. The average molecular weight is 255 g/mol. The smallest absolute Gasteiger partial charge is 0.222 e. The van der Waals surface area contributed by atoms with Gasteiger partial charge in [0.25, 0.3) is 0 Å². The topological polar surface area (TPSA) is 29.5 Å². The molecule has 106 valence electrons. The van der Waals surface area contributed by atoms with Crippen LogP contribution in [-0.4, -0.2) is 38.6 Å². The Balaban J connectivity index is 3.20. The Morgan fingerprint density at radius 1 is 1.00 bits per heavy atom. The zero-order chi connectivity index (χ0) is 13.6. The van der Waals surface area contributed by atoms with Crippen molar-refractivity contribution in [3.05, 3.63) is 12.2 Å². The minimum absolute atomic E-state index is 0.240. The molecule has 0 radical (unpaired) electrons. The van der Waals surface area contributed by atoms with E-state index in [2.05, 4.69) is 12.2 Å². The predicted molar refractivity (Wildman–Crippen MR) is 76.6 cm³/mol. The Morgan fingerprint density at radius 3 is 2.17 bits per heavy atom. The summed E-state index contributed by atoms with van der Waals surface area (Å²) in [6.45, 7) is 0.869. The van der Waals surface area contributed by atoms with Crippen molar-refractivity contribution >= 4 is 5.91 Å². The molecule has 18 heavy (non-hydrogen) atoms. The van der Waals surface area contributed by atoms with Crippen molar-refractivity contribution in [3.8, 4) is 0 Å². The third-order valence-electron chi connectivity index (χ3n) is 2.90. The fraction of sp³-hybridized carbons (Fsp3) is 0.800. The van der Waals surface area contributed by atoms with Crippen molar-refractivity contribution < 1.29 is 9.53 Å². The molecule has 0 aliphatic heterocycles. The van der Waals surface area contributed by atoms with E-state index in [9.17, 15) is 4.79 Å². The largest absolute Gasteiger partial charge is 0.385 e. The van der Waals surface area contributed by atoms with Crippen LogP contribution in [0.2, 0.25) is 0 Å². The molecule has 0 rings (SSSR count). The molecule has 0 atom stereocenters. The van der Waals surface area contributed by atoms with Gasteiger partial charge in [0.1, 0.15) is 0 Å². The molecule has 0 spiro atoms. The number of carbonyl (C=O) groups is 1. The van der Waals surface area contributed by atoms with Gasteiger partial charge in [-0.15, -0.1) is 0 Å². The number of amides is 1. The van der Waals surface area contributed by atoms with Gasteiger partial charge in [-0.05, 0) is 38.5 Å². The SMILES string of the molecule is COCCCC/C=C\CCCCCC(=O)N(C)C. The number of carbonyl (C=O) groups excluding carboxylic acids is 1. The van der Waals surface area contributed by atoms with E-state index >= 15 is 0 Å². The number of nitrogens with zero attached hydrogens (tertiary/aromatic N) is 1. The van der Waals surface area contributed by atoms with Crippen LogP contribution in [0.15, 0.2) is 12.2 Å². The Kier molecular flexibility index (Phi) is 12.0. The third-order valence-corrected chi connectivity index (χ3v) is 2.90. The van der Waals surface area contributed by atoms with Crippen molar-refractivity contribution in [1.29, 1.82) is 0 Å². The first-order valence-electron chi connectivity index (χ1n) is 7.02. The van der Waals surface area contributed by atoms with Crippen molar-refractivity contribution in [1.82, 2.24) is 4.90 Å². The highest BCUT2D eigenvalue weighted by Gasteiger charge is 2.01. The average Bonchev–Trinajstić information content (AvgIpc) is 2.35. The predicted octanol–water partition coefficient (Wildman–Crippen LogP) is 3.40. The highest BCUT2D eigenvalue weighted by atomic mass is 16.5. The van der Waals surface area contributed by atoms with Gasteiger partial charge in [0.15, 0.2) is 0 Å². The van der Waals surface area contributed by atoms with E-state index in [1.807, 2.05) is 14.1 Å². The summed E-state index contributed by atoms with van der Waals surface area (Å²) in [5.41, 5.74) is 0. The molecule has 3 nitrogen and oxygen atoms in total. The summed E-state index contributed by atoms with van der Waals surface area (Å²) >= 11 is 0. The summed E-state index contributed by atoms with van der Waals surface area (Å²) in [5.74, 6) is 0.240. The van der Waals surface area contributed by atoms with Gasteiger partial charge in [0, 0.05) is 34.2 Å². The van der Waals surface area contributed by atoms with Crippen molar-refractivity contribution in [2.45, 2.75) is 51.4 Å². The van der Waals surface area contributed by atoms with Crippen molar-refractivity contribution in [2.24, 2.45) is 0 Å². The molecule has 0 saturated heterocycles. The maximum atomic E-state index is 11.3. The first kappa shape index (κ1) is 17.2. The van der Waals surface area contributed by atoms with Crippen LogP contribution in [0.25, 0.3) is 0 Å². The highest BCUT2D eigenvalue weighted by Crippen LogP contribution is 2.06. The number of unbranched alkanes of at least 4 members (excludes halogenated alkanes) is 5. The summed E-state index contributed by atoms with van der Waals surface area (Å²) in [5, 5.41) is 0. The number of rotatable bonds is 11. The first-order valence-corrected chi connectivity index (χ1v) is 7.02. The van der Waals surface area contributed by atoms with E-state index < -0.39 is 0 Å². The molecule has 1 amide bonds. The molecule has 0 aromatic heterocycles. The first-order chi connectivity index (χ1) is 8.68. The van der Waals surface area contributed by atoms with E-state index in [1.165, 1.54) is 12.8 Å². The van der Waals surface area contributed by atoms with Gasteiger partial charge >= 0.3 is 0 Å². The van der Waals surface area contributed by atoms with Gasteiger partial charge in [0.05, 0.1) is 0 Å². The van der Waals surface area contributed by atoms with E-state index in [0.717, 1.165) is 38.7 Å². The molecular weight excluding hydrogens is 226 g/mol. The summed E-state index contributed by atoms with van der Waals surface area (Å²) in [4.78, 5) is 13.0. The van der Waals surface area contributed by atoms with Crippen LogP contribution in [0, 0.1) is 0 Å². The summed E-state index contributed by atoms with van der Waals surface area (Å²) in [7, 11) is 5.38. The van der Waals surface area contributed by atoms with E-state index in [1.54, 1.807) is 12.0 Å². The molecule has 0 aliphatic carbocycles. The second-order valence-electron chi connectivity index (χ2n) is 4.85. The van der Waals surface area contributed by atoms with Crippen molar-refractivity contribution in [2.75, 3.05) is 27.8 Å². The van der Waals surface area contributed by atoms with Gasteiger partial charge in [-0.1, -0.05) is 18.6 Å². The van der Waals surface area contributed by atoms with Gasteiger partial charge < -0.3 is 9.64 Å². The number of hydrogen-bond acceptors (Lipinski definition) is 2. The second-order valence-corrected chi connectivity index (χ2v) is 4.85. The number of methoxy groups -OCH3 is 1. The second kappa shape index (κ2) is 12.6. The monoisotopic (exact) mass is 255 g/mol. The van der Waals surface area contributed by atoms with Gasteiger partial charge in [-0.2, -0.15) is 0 Å². The van der Waals surface area contributed by atoms with E-state index in [4.69, 9.17) is 4.74 Å². The molecule has 0 aromatic rings. The van der Waals surface area contributed by atoms with E-state index in [-0.39, 0.29) is 5.91 Å². The van der Waals surface area contributed by atoms with Crippen LogP contribution in [-0.2, 0) is 9.53 Å². The van der Waals surface area contributed by atoms with Crippen LogP contribution in [0.4, 0.5) is 0 Å². The van der Waals surface area contributed by atoms with Gasteiger partial charge in [-0.25, -0.2) is 0 Å². The van der Waals surface area contributed by atoms with Crippen LogP contribution < -0.4 is 0 Å². The zero-order valence-corrected chi connectivity index (χ0v) is 12.3. The normalized spacial score (nSPS) is 11.1. The van der Waals surface area contributed by atoms with Crippen LogP contribution in [0.1, 0.15) is 51.4 Å². The minimum atomic E-state index is 0.240. The van der Waals surface area contributed by atoms with E-state index in [0.29, 0.717) is 6.42 Å². The number of ether oxygens (including phenoxy) is 1. The lowest BCUT2D eigenvalue weighted by Gasteiger charge is -2.09. The molecule has 0 aromatic carbocycles. The van der Waals surface area contributed by atoms with Crippen LogP contribution in [0.5, 0.6) is 0 Å². The van der Waals surface area contributed by atoms with Gasteiger partial charge in [0.2, 0.25) is 5.91 Å². The number of allylic oxidation sites excluding steroid dienone is 2. The molecule has 0 bridgehead atoms. The highest BCUT2D eigenvalue weighted by molar-refractivity contribution is 5.75. The van der Waals surface area contributed by atoms with Crippen LogP contribution >= 0.6 is 0 Å². The lowest BCUT2D eigenvalue weighted by Crippen LogP contribution is -2.20. The third kappa shape index (κ3) is 11.6. The maximum absolute atomic E-state index is 11.3. The van der Waals surface area contributed by atoms with Crippen molar-refractivity contribution in [3.63, 3.8) is 0 Å². The summed E-state index contributed by atoms with van der Waals surface area (Å²) in [6.07, 6.45) is 13.2. The molecule has 0 saturated carbocycles. The Hall–Kier alpha value is -0.830. The lowest BCUT2D eigenvalue weighted by atomic mass is 10.1. The summed E-state index contributed by atoms with van der Waals surface area (Å²) in [6, 6.07) is 0. The molecule has 3 heteroatoms. The number of hydrogen-bond donors (Lipinski definition) is 0. The Morgan fingerprint density at radius 2 is 1.61 bits per heavy atom. The summed E-state index contributed by atoms with van der Waals surface area (Å²) < 4.78 is 4.99. The van der Waals surface area contributed by atoms with Gasteiger partial charge in [-0.3, -0.25) is 4.79 Å². The van der Waals surface area contributed by atoms with Crippen LogP contribution in [0.3, 0.4) is 0 Å². The Bertz CT molecular complexity index is 225. The minimum Gasteiger partial charge on any atom is -0.385 e. The molecule has 0 aliphatic rings. The molecule has 0 unspecified atom stereocenters. The standard InChI is InChI=1S/C15H29NO2/c1-16(2)15(17)13-11-9-7-5-4-6-8-10-12-14-18-3/h4,6H,5,7-14H2,1-3H3/b6-4-. The zero-order valence-electron chi connectivity index (χ0n) is 12.3. The maximum Gasteiger partial charge on any atom is 0.222 e. The fourth-order valence-electron chi connectivity index (χ4n) is 1.68. The molecule has 0 heterocycles. The Labute approximate surface area is 112 Å².